The minimum Gasteiger partial charge on any atom is -0.508 e. The lowest BCUT2D eigenvalue weighted by Gasteiger charge is -2.07. The van der Waals surface area contributed by atoms with Crippen molar-refractivity contribution in [3.05, 3.63) is 29.8 Å². The number of hydrogen-bond acceptors (Lipinski definition) is 3. The molecule has 4 heteroatoms. The number of aliphatic hydroxyl groups excluding tert-OH is 1. The van der Waals surface area contributed by atoms with E-state index in [0.717, 1.165) is 5.56 Å². The Morgan fingerprint density at radius 1 is 1.43 bits per heavy atom. The third-order valence-corrected chi connectivity index (χ3v) is 1.79. The van der Waals surface area contributed by atoms with Crippen LogP contribution in [-0.2, 0) is 11.2 Å². The first-order valence-electron chi connectivity index (χ1n) is 4.25. The van der Waals surface area contributed by atoms with Crippen LogP contribution in [-0.4, -0.2) is 27.4 Å². The lowest BCUT2D eigenvalue weighted by molar-refractivity contribution is -0.139. The first kappa shape index (κ1) is 10.5. The summed E-state index contributed by atoms with van der Waals surface area (Å²) in [5, 5.41) is 26.8. The molecule has 14 heavy (non-hydrogen) atoms. The number of carboxylic acid groups (broad SMARTS) is 1. The molecule has 0 aliphatic heterocycles. The van der Waals surface area contributed by atoms with Crippen molar-refractivity contribution in [3.63, 3.8) is 0 Å². The van der Waals surface area contributed by atoms with Gasteiger partial charge in [-0.2, -0.15) is 0 Å². The highest BCUT2D eigenvalue weighted by Crippen LogP contribution is 2.13. The van der Waals surface area contributed by atoms with Crippen LogP contribution in [0, 0.1) is 0 Å². The Bertz CT molecular complexity index is 322. The van der Waals surface area contributed by atoms with Gasteiger partial charge in [-0.25, -0.2) is 0 Å². The zero-order valence-corrected chi connectivity index (χ0v) is 7.55. The molecule has 0 aromatic heterocycles. The summed E-state index contributed by atoms with van der Waals surface area (Å²) in [6.45, 7) is 0. The largest absolute Gasteiger partial charge is 0.508 e. The smallest absolute Gasteiger partial charge is 0.305 e. The predicted octanol–water partition coefficient (Wildman–Crippen LogP) is 0.770. The summed E-state index contributed by atoms with van der Waals surface area (Å²) in [6, 6.07) is 6.40. The molecule has 1 unspecified atom stereocenters. The van der Waals surface area contributed by atoms with Crippen LogP contribution in [0.2, 0.25) is 0 Å². The highest BCUT2D eigenvalue weighted by molar-refractivity contribution is 5.67. The Labute approximate surface area is 81.4 Å². The maximum atomic E-state index is 10.3. The molecule has 1 aromatic rings. The molecule has 0 heterocycles. The molecular formula is C10H12O4. The summed E-state index contributed by atoms with van der Waals surface area (Å²) in [6.07, 6.45) is -0.953. The molecule has 76 valence electrons. The summed E-state index contributed by atoms with van der Waals surface area (Å²) in [5.41, 5.74) is 0.721. The minimum absolute atomic E-state index is 0.116. The van der Waals surface area contributed by atoms with Crippen molar-refractivity contribution in [1.29, 1.82) is 0 Å². The maximum Gasteiger partial charge on any atom is 0.305 e. The van der Waals surface area contributed by atoms with Crippen LogP contribution >= 0.6 is 0 Å². The molecule has 3 N–H and O–H groups in total. The monoisotopic (exact) mass is 196 g/mol. The van der Waals surface area contributed by atoms with Crippen LogP contribution < -0.4 is 0 Å². The summed E-state index contributed by atoms with van der Waals surface area (Å²) in [5.74, 6) is -0.914. The van der Waals surface area contributed by atoms with Crippen LogP contribution in [0.25, 0.3) is 0 Å². The third-order valence-electron chi connectivity index (χ3n) is 1.79. The van der Waals surface area contributed by atoms with Crippen molar-refractivity contribution in [3.8, 4) is 5.75 Å². The van der Waals surface area contributed by atoms with Gasteiger partial charge in [0.2, 0.25) is 0 Å². The lowest BCUT2D eigenvalue weighted by Crippen LogP contribution is -2.15. The van der Waals surface area contributed by atoms with Crippen LogP contribution in [0.5, 0.6) is 5.75 Å². The molecule has 0 saturated carbocycles. The molecule has 0 radical (unpaired) electrons. The Morgan fingerprint density at radius 3 is 2.71 bits per heavy atom. The standard InChI is InChI=1S/C10H12O4/c11-8-3-1-2-7(4-8)5-9(12)6-10(13)14/h1-4,9,11-12H,5-6H2,(H,13,14). The van der Waals surface area contributed by atoms with Gasteiger partial charge in [0.25, 0.3) is 0 Å². The Morgan fingerprint density at radius 2 is 2.14 bits per heavy atom. The number of carbonyl (C=O) groups is 1. The molecule has 0 aliphatic carbocycles. The van der Waals surface area contributed by atoms with Crippen molar-refractivity contribution in [2.45, 2.75) is 18.9 Å². The van der Waals surface area contributed by atoms with E-state index in [9.17, 15) is 9.90 Å². The number of carboxylic acids is 1. The molecule has 0 saturated heterocycles. The molecule has 4 nitrogen and oxygen atoms in total. The molecule has 0 spiro atoms. The second-order valence-electron chi connectivity index (χ2n) is 3.13. The van der Waals surface area contributed by atoms with E-state index < -0.39 is 12.1 Å². The normalized spacial score (nSPS) is 12.4. The first-order valence-corrected chi connectivity index (χ1v) is 4.25. The van der Waals surface area contributed by atoms with Gasteiger partial charge >= 0.3 is 5.97 Å². The SMILES string of the molecule is O=C(O)CC(O)Cc1cccc(O)c1. The molecule has 0 bridgehead atoms. The van der Waals surface area contributed by atoms with E-state index in [1.165, 1.54) is 12.1 Å². The molecule has 0 aliphatic rings. The van der Waals surface area contributed by atoms with Gasteiger partial charge in [-0.15, -0.1) is 0 Å². The molecule has 1 rings (SSSR count). The van der Waals surface area contributed by atoms with Gasteiger partial charge in [0.05, 0.1) is 12.5 Å². The fourth-order valence-electron chi connectivity index (χ4n) is 1.23. The van der Waals surface area contributed by atoms with Crippen LogP contribution in [0.1, 0.15) is 12.0 Å². The zero-order chi connectivity index (χ0) is 10.6. The first-order chi connectivity index (χ1) is 6.58. The number of hydrogen-bond donors (Lipinski definition) is 3. The van der Waals surface area contributed by atoms with E-state index >= 15 is 0 Å². The van der Waals surface area contributed by atoms with Crippen molar-refractivity contribution in [2.75, 3.05) is 0 Å². The van der Waals surface area contributed by atoms with Gasteiger partial charge in [0.15, 0.2) is 0 Å². The second kappa shape index (κ2) is 4.62. The molecular weight excluding hydrogens is 184 g/mol. The molecule has 1 aromatic carbocycles. The van der Waals surface area contributed by atoms with Gasteiger partial charge in [-0.3, -0.25) is 4.79 Å². The summed E-state index contributed by atoms with van der Waals surface area (Å²) in [4.78, 5) is 10.3. The van der Waals surface area contributed by atoms with Gasteiger partial charge in [0.1, 0.15) is 5.75 Å². The average Bonchev–Trinajstić information content (AvgIpc) is 2.01. The highest BCUT2D eigenvalue weighted by atomic mass is 16.4. The predicted molar refractivity (Wildman–Crippen MR) is 50.1 cm³/mol. The van der Waals surface area contributed by atoms with Crippen molar-refractivity contribution < 1.29 is 20.1 Å². The fraction of sp³-hybridized carbons (Fsp3) is 0.300. The number of aliphatic carboxylic acids is 1. The topological polar surface area (TPSA) is 77.8 Å². The van der Waals surface area contributed by atoms with Gasteiger partial charge in [0, 0.05) is 0 Å². The Hall–Kier alpha value is -1.55. The van der Waals surface area contributed by atoms with E-state index in [2.05, 4.69) is 0 Å². The van der Waals surface area contributed by atoms with Crippen molar-refractivity contribution in [2.24, 2.45) is 0 Å². The van der Waals surface area contributed by atoms with E-state index in [1.807, 2.05) is 0 Å². The number of benzene rings is 1. The Kier molecular flexibility index (Phi) is 3.48. The van der Waals surface area contributed by atoms with Crippen LogP contribution in [0.4, 0.5) is 0 Å². The van der Waals surface area contributed by atoms with E-state index in [0.29, 0.717) is 0 Å². The van der Waals surface area contributed by atoms with Gasteiger partial charge in [-0.05, 0) is 24.1 Å². The number of phenols is 1. The highest BCUT2D eigenvalue weighted by Gasteiger charge is 2.10. The number of aromatic hydroxyl groups is 1. The summed E-state index contributed by atoms with van der Waals surface area (Å²) >= 11 is 0. The maximum absolute atomic E-state index is 10.3. The second-order valence-corrected chi connectivity index (χ2v) is 3.13. The number of aliphatic hydroxyl groups is 1. The fourth-order valence-corrected chi connectivity index (χ4v) is 1.23. The van der Waals surface area contributed by atoms with E-state index in [4.69, 9.17) is 10.2 Å². The summed E-state index contributed by atoms with van der Waals surface area (Å²) in [7, 11) is 0. The molecule has 0 fully saturated rings. The average molecular weight is 196 g/mol. The third kappa shape index (κ3) is 3.45. The quantitative estimate of drug-likeness (QED) is 0.664. The summed E-state index contributed by atoms with van der Waals surface area (Å²) < 4.78 is 0. The van der Waals surface area contributed by atoms with E-state index in [1.54, 1.807) is 12.1 Å². The van der Waals surface area contributed by atoms with Crippen LogP contribution in [0.3, 0.4) is 0 Å². The lowest BCUT2D eigenvalue weighted by atomic mass is 10.1. The number of phenolic OH excluding ortho intramolecular Hbond substituents is 1. The Balaban J connectivity index is 2.55. The van der Waals surface area contributed by atoms with E-state index in [-0.39, 0.29) is 18.6 Å². The van der Waals surface area contributed by atoms with Gasteiger partial charge < -0.3 is 15.3 Å². The minimum atomic E-state index is -1.03. The molecule has 1 atom stereocenters. The number of rotatable bonds is 4. The van der Waals surface area contributed by atoms with Gasteiger partial charge in [-0.1, -0.05) is 12.1 Å². The molecule has 0 amide bonds. The van der Waals surface area contributed by atoms with Crippen molar-refractivity contribution in [1.82, 2.24) is 0 Å². The van der Waals surface area contributed by atoms with Crippen LogP contribution in [0.15, 0.2) is 24.3 Å². The van der Waals surface area contributed by atoms with Crippen molar-refractivity contribution >= 4 is 5.97 Å². The zero-order valence-electron chi connectivity index (χ0n) is 7.55.